The van der Waals surface area contributed by atoms with Crippen molar-refractivity contribution in [2.75, 3.05) is 11.4 Å². The predicted octanol–water partition coefficient (Wildman–Crippen LogP) is 4.94. The van der Waals surface area contributed by atoms with Crippen LogP contribution in [0.2, 0.25) is 0 Å². The number of benzene rings is 2. The molecule has 2 aromatic carbocycles. The van der Waals surface area contributed by atoms with E-state index in [9.17, 15) is 22.8 Å². The molecule has 158 valence electrons. The molecule has 0 spiro atoms. The maximum atomic E-state index is 13.0. The lowest BCUT2D eigenvalue weighted by Crippen LogP contribution is -2.37. The Morgan fingerprint density at radius 2 is 1.57 bits per heavy atom. The predicted molar refractivity (Wildman–Crippen MR) is 111 cm³/mol. The number of halogens is 3. The molecule has 0 bridgehead atoms. The number of hydrogen-bond donors (Lipinski definition) is 1. The summed E-state index contributed by atoms with van der Waals surface area (Å²) in [7, 11) is 0. The van der Waals surface area contributed by atoms with Crippen LogP contribution in [0, 0.1) is 0 Å². The smallest absolute Gasteiger partial charge is 0.348 e. The van der Waals surface area contributed by atoms with E-state index in [-0.39, 0.29) is 18.9 Å². The third-order valence-corrected chi connectivity index (χ3v) is 4.97. The lowest BCUT2D eigenvalue weighted by molar-refractivity contribution is -0.173. The summed E-state index contributed by atoms with van der Waals surface area (Å²) < 4.78 is 36.5. The van der Waals surface area contributed by atoms with Crippen molar-refractivity contribution < 1.29 is 22.8 Å². The Balaban J connectivity index is 1.60. The van der Waals surface area contributed by atoms with Gasteiger partial charge in [0, 0.05) is 13.0 Å². The number of unbranched alkanes of at least 4 members (excludes halogenated alkanes) is 2. The van der Waals surface area contributed by atoms with E-state index >= 15 is 0 Å². The number of fused-ring (bicyclic) bond motifs is 2. The van der Waals surface area contributed by atoms with E-state index in [1.54, 1.807) is 4.90 Å². The number of amides is 2. The normalized spacial score (nSPS) is 14.2. The molecule has 1 N–H and O–H groups in total. The molecule has 0 atom stereocenters. The van der Waals surface area contributed by atoms with E-state index in [0.717, 1.165) is 22.4 Å². The van der Waals surface area contributed by atoms with Gasteiger partial charge in [-0.15, -0.1) is 0 Å². The van der Waals surface area contributed by atoms with Gasteiger partial charge in [0.25, 0.3) is 0 Å². The van der Waals surface area contributed by atoms with E-state index in [0.29, 0.717) is 25.8 Å². The highest BCUT2D eigenvalue weighted by Gasteiger charge is 2.38. The van der Waals surface area contributed by atoms with Crippen molar-refractivity contribution >= 4 is 29.7 Å². The van der Waals surface area contributed by atoms with Crippen molar-refractivity contribution in [3.05, 3.63) is 65.2 Å². The van der Waals surface area contributed by atoms with Crippen molar-refractivity contribution in [3.8, 4) is 0 Å². The zero-order valence-electron chi connectivity index (χ0n) is 16.4. The lowest BCUT2D eigenvalue weighted by atomic mass is 10.0. The SMILES string of the molecule is O=C(CCCCCNC(=O)C(F)(F)F)N1Cc2ccccc2/C=C\c2ccccc21. The minimum absolute atomic E-state index is 0.0353. The molecule has 0 unspecified atom stereocenters. The fourth-order valence-corrected chi connectivity index (χ4v) is 3.39. The fourth-order valence-electron chi connectivity index (χ4n) is 3.39. The quantitative estimate of drug-likeness (QED) is 0.678. The van der Waals surface area contributed by atoms with Crippen molar-refractivity contribution in [3.63, 3.8) is 0 Å². The van der Waals surface area contributed by atoms with Crippen LogP contribution in [0.15, 0.2) is 48.5 Å². The van der Waals surface area contributed by atoms with E-state index in [2.05, 4.69) is 0 Å². The van der Waals surface area contributed by atoms with Gasteiger partial charge >= 0.3 is 12.1 Å². The van der Waals surface area contributed by atoms with Crippen LogP contribution in [0.1, 0.15) is 42.4 Å². The van der Waals surface area contributed by atoms with Crippen LogP contribution >= 0.6 is 0 Å². The second-order valence-electron chi connectivity index (χ2n) is 7.14. The van der Waals surface area contributed by atoms with Crippen molar-refractivity contribution in [1.29, 1.82) is 0 Å². The maximum absolute atomic E-state index is 13.0. The number of nitrogens with one attached hydrogen (secondary N) is 1. The van der Waals surface area contributed by atoms with Crippen LogP contribution in [0.25, 0.3) is 12.2 Å². The first-order valence-electron chi connectivity index (χ1n) is 9.86. The fraction of sp³-hybridized carbons (Fsp3) is 0.304. The van der Waals surface area contributed by atoms with Gasteiger partial charge < -0.3 is 10.2 Å². The summed E-state index contributed by atoms with van der Waals surface area (Å²) in [6.45, 7) is 0.398. The largest absolute Gasteiger partial charge is 0.471 e. The summed E-state index contributed by atoms with van der Waals surface area (Å²) >= 11 is 0. The molecule has 7 heteroatoms. The van der Waals surface area contributed by atoms with Crippen LogP contribution in [-0.4, -0.2) is 24.5 Å². The summed E-state index contributed by atoms with van der Waals surface area (Å²) in [5, 5.41) is 1.85. The minimum atomic E-state index is -4.86. The second kappa shape index (κ2) is 9.61. The van der Waals surface area contributed by atoms with Gasteiger partial charge in [-0.1, -0.05) is 61.0 Å². The number of anilines is 1. The van der Waals surface area contributed by atoms with Gasteiger partial charge in [-0.3, -0.25) is 9.59 Å². The van der Waals surface area contributed by atoms with E-state index < -0.39 is 12.1 Å². The van der Waals surface area contributed by atoms with Crippen molar-refractivity contribution in [2.24, 2.45) is 0 Å². The Bertz CT molecular complexity index is 938. The monoisotopic (exact) mass is 416 g/mol. The number of nitrogens with zero attached hydrogens (tertiary/aromatic N) is 1. The average molecular weight is 416 g/mol. The van der Waals surface area contributed by atoms with E-state index in [1.165, 1.54) is 0 Å². The van der Waals surface area contributed by atoms with Gasteiger partial charge in [0.15, 0.2) is 0 Å². The molecule has 0 fully saturated rings. The number of carbonyl (C=O) groups excluding carboxylic acids is 2. The second-order valence-corrected chi connectivity index (χ2v) is 7.14. The Kier molecular flexibility index (Phi) is 6.92. The summed E-state index contributed by atoms with van der Waals surface area (Å²) in [4.78, 5) is 25.5. The average Bonchev–Trinajstić information content (AvgIpc) is 2.71. The molecule has 3 rings (SSSR count). The van der Waals surface area contributed by atoms with Crippen LogP contribution in [0.5, 0.6) is 0 Å². The number of hydrogen-bond acceptors (Lipinski definition) is 2. The number of carbonyl (C=O) groups is 2. The standard InChI is InChI=1S/C23H23F3N2O2/c24-23(25,26)22(30)27-15-7-1-2-12-21(29)28-16-19-10-4-3-8-17(19)13-14-18-9-5-6-11-20(18)28/h3-6,8-11,13-14H,1-2,7,12,15-16H2,(H,27,30)/b14-13-. The van der Waals surface area contributed by atoms with Gasteiger partial charge in [0.1, 0.15) is 0 Å². The highest BCUT2D eigenvalue weighted by molar-refractivity contribution is 5.97. The molecule has 0 saturated heterocycles. The summed E-state index contributed by atoms with van der Waals surface area (Å²) in [5.74, 6) is -1.96. The van der Waals surface area contributed by atoms with Crippen molar-refractivity contribution in [2.45, 2.75) is 38.4 Å². The molecule has 0 aromatic heterocycles. The zero-order chi connectivity index (χ0) is 21.6. The third-order valence-electron chi connectivity index (χ3n) is 4.97. The Hall–Kier alpha value is -3.09. The molecule has 0 aliphatic carbocycles. The number of para-hydroxylation sites is 1. The molecule has 1 aliphatic heterocycles. The molecular formula is C23H23F3N2O2. The van der Waals surface area contributed by atoms with E-state index in [4.69, 9.17) is 0 Å². The van der Waals surface area contributed by atoms with Gasteiger partial charge in [-0.2, -0.15) is 13.2 Å². The Labute approximate surface area is 173 Å². The van der Waals surface area contributed by atoms with Gasteiger partial charge in [0.05, 0.1) is 12.2 Å². The summed E-state index contributed by atoms with van der Waals surface area (Å²) in [6.07, 6.45) is 0.944. The third kappa shape index (κ3) is 5.49. The molecule has 1 heterocycles. The molecule has 2 aromatic rings. The van der Waals surface area contributed by atoms with E-state index in [1.807, 2.05) is 66.0 Å². The molecule has 0 saturated carbocycles. The van der Waals surface area contributed by atoms with Gasteiger partial charge in [-0.25, -0.2) is 0 Å². The molecule has 2 amide bonds. The van der Waals surface area contributed by atoms with Crippen molar-refractivity contribution in [1.82, 2.24) is 5.32 Å². The Morgan fingerprint density at radius 1 is 0.900 bits per heavy atom. The summed E-state index contributed by atoms with van der Waals surface area (Å²) in [5.41, 5.74) is 3.90. The highest BCUT2D eigenvalue weighted by atomic mass is 19.4. The first-order chi connectivity index (χ1) is 14.4. The lowest BCUT2D eigenvalue weighted by Gasteiger charge is -2.27. The zero-order valence-corrected chi connectivity index (χ0v) is 16.4. The Morgan fingerprint density at radius 3 is 2.33 bits per heavy atom. The number of rotatable bonds is 6. The molecule has 0 radical (unpaired) electrons. The number of alkyl halides is 3. The minimum Gasteiger partial charge on any atom is -0.348 e. The maximum Gasteiger partial charge on any atom is 0.471 e. The first kappa shape index (κ1) is 21.6. The molecule has 4 nitrogen and oxygen atoms in total. The van der Waals surface area contributed by atoms with Crippen LogP contribution in [0.3, 0.4) is 0 Å². The molecular weight excluding hydrogens is 393 g/mol. The van der Waals surface area contributed by atoms with Crippen LogP contribution in [-0.2, 0) is 16.1 Å². The molecule has 1 aliphatic rings. The first-order valence-corrected chi connectivity index (χ1v) is 9.86. The van der Waals surface area contributed by atoms with Crippen LogP contribution < -0.4 is 10.2 Å². The topological polar surface area (TPSA) is 49.4 Å². The highest BCUT2D eigenvalue weighted by Crippen LogP contribution is 2.29. The molecule has 30 heavy (non-hydrogen) atoms. The van der Waals surface area contributed by atoms with Gasteiger partial charge in [-0.05, 0) is 35.6 Å². The van der Waals surface area contributed by atoms with Crippen LogP contribution in [0.4, 0.5) is 18.9 Å². The van der Waals surface area contributed by atoms with Gasteiger partial charge in [0.2, 0.25) is 5.91 Å². The summed E-state index contributed by atoms with van der Waals surface area (Å²) in [6, 6.07) is 15.6.